The lowest BCUT2D eigenvalue weighted by Gasteiger charge is -2.27. The van der Waals surface area contributed by atoms with E-state index in [1.807, 2.05) is 22.0 Å². The Labute approximate surface area is 208 Å². The van der Waals surface area contributed by atoms with Crippen LogP contribution in [0.25, 0.3) is 0 Å². The molecule has 1 unspecified atom stereocenters. The van der Waals surface area contributed by atoms with Gasteiger partial charge in [0, 0.05) is 43.5 Å². The Bertz CT molecular complexity index is 1220. The number of aromatic nitrogens is 3. The number of pyridine rings is 1. The van der Waals surface area contributed by atoms with E-state index in [0.717, 1.165) is 36.2 Å². The predicted octanol–water partition coefficient (Wildman–Crippen LogP) is 2.85. The molecule has 4 heterocycles. The molecule has 2 fully saturated rings. The first kappa shape index (κ1) is 23.7. The Morgan fingerprint density at radius 1 is 1.14 bits per heavy atom. The minimum absolute atomic E-state index is 0.180. The van der Waals surface area contributed by atoms with E-state index in [-0.39, 0.29) is 17.5 Å². The van der Waals surface area contributed by atoms with Crippen molar-refractivity contribution >= 4 is 35.0 Å². The summed E-state index contributed by atoms with van der Waals surface area (Å²) in [6.45, 7) is 5.21. The zero-order chi connectivity index (χ0) is 24.9. The van der Waals surface area contributed by atoms with E-state index in [9.17, 15) is 9.50 Å². The third-order valence-electron chi connectivity index (χ3n) is 5.85. The molecule has 1 aromatic carbocycles. The second-order valence-corrected chi connectivity index (χ2v) is 8.64. The number of nitrogens with zero attached hydrogens (tertiary/aromatic N) is 6. The third kappa shape index (κ3) is 5.78. The molecule has 1 atom stereocenters. The number of hydrogen-bond acceptors (Lipinski definition) is 11. The van der Waals surface area contributed by atoms with Crippen LogP contribution >= 0.6 is 0 Å². The van der Waals surface area contributed by atoms with Gasteiger partial charge in [-0.2, -0.15) is 10.1 Å². The Kier molecular flexibility index (Phi) is 7.05. The van der Waals surface area contributed by atoms with Crippen molar-refractivity contribution in [3.63, 3.8) is 0 Å². The van der Waals surface area contributed by atoms with Crippen LogP contribution in [0.1, 0.15) is 19.0 Å². The molecule has 0 spiro atoms. The molecule has 4 N–H and O–H groups in total. The van der Waals surface area contributed by atoms with Gasteiger partial charge < -0.3 is 25.1 Å². The Hall–Kier alpha value is -4.03. The lowest BCUT2D eigenvalue weighted by Crippen LogP contribution is -2.37. The highest BCUT2D eigenvalue weighted by Gasteiger charge is 2.19. The van der Waals surface area contributed by atoms with E-state index >= 15 is 0 Å². The predicted molar refractivity (Wildman–Crippen MR) is 136 cm³/mol. The molecule has 2 saturated heterocycles. The summed E-state index contributed by atoms with van der Waals surface area (Å²) in [7, 11) is 0. The molecule has 2 aliphatic heterocycles. The topological polar surface area (TPSA) is 123 Å². The number of phenolic OH excluding ortho intramolecular Hbond substituents is 1. The highest BCUT2D eigenvalue weighted by molar-refractivity contribution is 5.78. The van der Waals surface area contributed by atoms with Gasteiger partial charge in [0.05, 0.1) is 48.9 Å². The number of aromatic hydroxyl groups is 1. The second kappa shape index (κ2) is 10.7. The largest absolute Gasteiger partial charge is 0.508 e. The number of phenols is 1. The Morgan fingerprint density at radius 3 is 2.75 bits per heavy atom. The van der Waals surface area contributed by atoms with Crippen LogP contribution in [-0.4, -0.2) is 65.2 Å². The van der Waals surface area contributed by atoms with Crippen molar-refractivity contribution in [1.82, 2.24) is 20.4 Å². The number of morpholine rings is 1. The summed E-state index contributed by atoms with van der Waals surface area (Å²) in [5.74, 6) is 0.110. The summed E-state index contributed by atoms with van der Waals surface area (Å²) in [6, 6.07) is 9.42. The lowest BCUT2D eigenvalue weighted by molar-refractivity contribution is 0.122. The third-order valence-corrected chi connectivity index (χ3v) is 5.85. The molecule has 0 aliphatic carbocycles. The van der Waals surface area contributed by atoms with Gasteiger partial charge in [0.15, 0.2) is 11.6 Å². The van der Waals surface area contributed by atoms with E-state index in [2.05, 4.69) is 43.1 Å². The van der Waals surface area contributed by atoms with E-state index in [1.54, 1.807) is 24.4 Å². The van der Waals surface area contributed by atoms with Crippen LogP contribution < -0.4 is 26.1 Å². The minimum Gasteiger partial charge on any atom is -0.508 e. The molecule has 2 aromatic heterocycles. The number of hydrazine groups is 1. The molecule has 0 saturated carbocycles. The molecule has 188 valence electrons. The van der Waals surface area contributed by atoms with Crippen LogP contribution in [0.4, 0.5) is 33.2 Å². The van der Waals surface area contributed by atoms with Crippen molar-refractivity contribution in [3.05, 3.63) is 54.2 Å². The zero-order valence-electron chi connectivity index (χ0n) is 19.9. The molecule has 12 heteroatoms. The first-order valence-corrected chi connectivity index (χ1v) is 11.8. The van der Waals surface area contributed by atoms with Crippen molar-refractivity contribution < 1.29 is 14.2 Å². The summed E-state index contributed by atoms with van der Waals surface area (Å²) in [4.78, 5) is 14.4. The number of rotatable bonds is 7. The number of ether oxygens (including phenoxy) is 1. The summed E-state index contributed by atoms with van der Waals surface area (Å²) < 4.78 is 19.5. The summed E-state index contributed by atoms with van der Waals surface area (Å²) in [5.41, 5.74) is 9.11. The fraction of sp³-hybridized carbons (Fsp3) is 0.333. The normalized spacial score (nSPS) is 18.1. The summed E-state index contributed by atoms with van der Waals surface area (Å²) in [5, 5.41) is 19.6. The van der Waals surface area contributed by atoms with Crippen molar-refractivity contribution in [2.45, 2.75) is 19.4 Å². The van der Waals surface area contributed by atoms with Crippen molar-refractivity contribution in [2.24, 2.45) is 5.10 Å². The van der Waals surface area contributed by atoms with E-state index in [4.69, 9.17) is 4.74 Å². The maximum Gasteiger partial charge on any atom is 0.245 e. The number of anilines is 5. The molecular formula is C24H28FN9O2. The highest BCUT2D eigenvalue weighted by Crippen LogP contribution is 2.29. The van der Waals surface area contributed by atoms with Gasteiger partial charge in [-0.25, -0.2) is 20.2 Å². The fourth-order valence-electron chi connectivity index (χ4n) is 4.03. The molecule has 36 heavy (non-hydrogen) atoms. The molecule has 3 aromatic rings. The number of benzene rings is 1. The molecule has 0 amide bonds. The molecular weight excluding hydrogens is 465 g/mol. The average molecular weight is 494 g/mol. The number of hydrazone groups is 1. The zero-order valence-corrected chi connectivity index (χ0v) is 19.9. The van der Waals surface area contributed by atoms with Crippen LogP contribution in [0, 0.1) is 5.82 Å². The van der Waals surface area contributed by atoms with Gasteiger partial charge in [0.25, 0.3) is 0 Å². The Morgan fingerprint density at radius 2 is 2.00 bits per heavy atom. The van der Waals surface area contributed by atoms with Crippen molar-refractivity contribution in [1.29, 1.82) is 0 Å². The van der Waals surface area contributed by atoms with Gasteiger partial charge in [-0.15, -0.1) is 0 Å². The van der Waals surface area contributed by atoms with Gasteiger partial charge >= 0.3 is 0 Å². The maximum absolute atomic E-state index is 14.2. The van der Waals surface area contributed by atoms with Gasteiger partial charge in [-0.3, -0.25) is 4.98 Å². The van der Waals surface area contributed by atoms with Gasteiger partial charge in [-0.1, -0.05) is 0 Å². The SMILES string of the molecule is CC1CCN(c2cc(O)cc(Nc3ccc(/C=N/Nc4ncc(F)c(N5CCOCC5)n4)nc3)c2)N1. The quantitative estimate of drug-likeness (QED) is 0.289. The molecule has 5 rings (SSSR count). The second-order valence-electron chi connectivity index (χ2n) is 8.64. The first-order chi connectivity index (χ1) is 17.5. The number of halogens is 1. The summed E-state index contributed by atoms with van der Waals surface area (Å²) >= 11 is 0. The van der Waals surface area contributed by atoms with Crippen LogP contribution in [0.3, 0.4) is 0 Å². The maximum atomic E-state index is 14.2. The molecule has 0 radical (unpaired) electrons. The fourth-order valence-corrected chi connectivity index (χ4v) is 4.03. The van der Waals surface area contributed by atoms with Crippen LogP contribution in [0.15, 0.2) is 47.8 Å². The standard InChI is InChI=1S/C24H28FN9O2/c1-16-4-5-34(32-16)20-10-19(11-21(35)12-20)29-18-3-2-17(26-13-18)14-28-31-24-27-15-22(25)23(30-24)33-6-8-36-9-7-33/h2-3,10-16,29,32,35H,4-9H2,1H3,(H,27,30,31)/b28-14+. The van der Waals surface area contributed by atoms with E-state index in [1.165, 1.54) is 6.21 Å². The highest BCUT2D eigenvalue weighted by atomic mass is 19.1. The average Bonchev–Trinajstić information content (AvgIpc) is 3.33. The van der Waals surface area contributed by atoms with Crippen molar-refractivity contribution in [3.8, 4) is 5.75 Å². The van der Waals surface area contributed by atoms with Crippen LogP contribution in [0.5, 0.6) is 5.75 Å². The van der Waals surface area contributed by atoms with Crippen LogP contribution in [0.2, 0.25) is 0 Å². The monoisotopic (exact) mass is 493 g/mol. The van der Waals surface area contributed by atoms with E-state index in [0.29, 0.717) is 38.0 Å². The number of nitrogens with one attached hydrogen (secondary N) is 3. The van der Waals surface area contributed by atoms with E-state index < -0.39 is 5.82 Å². The van der Waals surface area contributed by atoms with Crippen molar-refractivity contribution in [2.75, 3.05) is 53.5 Å². The minimum atomic E-state index is -0.485. The first-order valence-electron chi connectivity index (χ1n) is 11.8. The smallest absolute Gasteiger partial charge is 0.245 e. The van der Waals surface area contributed by atoms with Gasteiger partial charge in [-0.05, 0) is 31.5 Å². The summed E-state index contributed by atoms with van der Waals surface area (Å²) in [6.07, 6.45) is 5.37. The lowest BCUT2D eigenvalue weighted by atomic mass is 10.2. The number of hydrogen-bond donors (Lipinski definition) is 4. The molecule has 0 bridgehead atoms. The molecule has 11 nitrogen and oxygen atoms in total. The van der Waals surface area contributed by atoms with Crippen LogP contribution in [-0.2, 0) is 4.74 Å². The van der Waals surface area contributed by atoms with Gasteiger partial charge in [0.2, 0.25) is 5.95 Å². The molecule has 2 aliphatic rings. The van der Waals surface area contributed by atoms with Gasteiger partial charge in [0.1, 0.15) is 5.75 Å². The Balaban J connectivity index is 1.20.